The van der Waals surface area contributed by atoms with Crippen LogP contribution in [0, 0.1) is 0 Å². The van der Waals surface area contributed by atoms with Crippen LogP contribution in [0.5, 0.6) is 11.5 Å². The van der Waals surface area contributed by atoms with E-state index in [0.717, 1.165) is 30.2 Å². The SMILES string of the molecule is CN(C)CCCNC(=O)c1ccc(Nc2ccc(Oc3ccccc3)cc2)nc1. The molecule has 0 radical (unpaired) electrons. The van der Waals surface area contributed by atoms with Gasteiger partial charge in [-0.15, -0.1) is 0 Å². The highest BCUT2D eigenvalue weighted by Crippen LogP contribution is 2.23. The van der Waals surface area contributed by atoms with E-state index in [1.807, 2.05) is 68.7 Å². The van der Waals surface area contributed by atoms with Gasteiger partial charge in [-0.2, -0.15) is 0 Å². The number of carbonyl (C=O) groups excluding carboxylic acids is 1. The minimum Gasteiger partial charge on any atom is -0.457 e. The summed E-state index contributed by atoms with van der Waals surface area (Å²) in [7, 11) is 4.03. The molecule has 0 bridgehead atoms. The normalized spacial score (nSPS) is 10.6. The first-order valence-corrected chi connectivity index (χ1v) is 9.59. The van der Waals surface area contributed by atoms with Gasteiger partial charge in [-0.25, -0.2) is 4.98 Å². The van der Waals surface area contributed by atoms with Crippen molar-refractivity contribution in [1.82, 2.24) is 15.2 Å². The standard InChI is InChI=1S/C23H26N4O2/c1-27(2)16-6-15-24-23(28)18-9-14-22(25-17-18)26-19-10-12-21(13-11-19)29-20-7-4-3-5-8-20/h3-5,7-14,17H,6,15-16H2,1-2H3,(H,24,28)(H,25,26). The van der Waals surface area contributed by atoms with Crippen LogP contribution in [0.15, 0.2) is 72.9 Å². The molecule has 1 aromatic heterocycles. The lowest BCUT2D eigenvalue weighted by Crippen LogP contribution is -2.27. The van der Waals surface area contributed by atoms with Gasteiger partial charge in [0.25, 0.3) is 5.91 Å². The Labute approximate surface area is 171 Å². The van der Waals surface area contributed by atoms with Gasteiger partial charge in [0.2, 0.25) is 0 Å². The molecule has 0 unspecified atom stereocenters. The van der Waals surface area contributed by atoms with Crippen molar-refractivity contribution in [1.29, 1.82) is 0 Å². The van der Waals surface area contributed by atoms with Crippen LogP contribution in [0.3, 0.4) is 0 Å². The smallest absolute Gasteiger partial charge is 0.252 e. The van der Waals surface area contributed by atoms with Crippen molar-refractivity contribution in [2.45, 2.75) is 6.42 Å². The summed E-state index contributed by atoms with van der Waals surface area (Å²) in [4.78, 5) is 18.6. The number of rotatable bonds is 9. The first-order valence-electron chi connectivity index (χ1n) is 9.59. The summed E-state index contributed by atoms with van der Waals surface area (Å²) in [5.74, 6) is 2.12. The number of benzene rings is 2. The second-order valence-electron chi connectivity index (χ2n) is 6.91. The molecule has 2 N–H and O–H groups in total. The molecule has 1 amide bonds. The van der Waals surface area contributed by atoms with Crippen LogP contribution in [0.2, 0.25) is 0 Å². The quantitative estimate of drug-likeness (QED) is 0.533. The summed E-state index contributed by atoms with van der Waals surface area (Å²) in [6, 6.07) is 20.8. The van der Waals surface area contributed by atoms with Crippen LogP contribution in [0.4, 0.5) is 11.5 Å². The van der Waals surface area contributed by atoms with Gasteiger partial charge in [-0.3, -0.25) is 4.79 Å². The highest BCUT2D eigenvalue weighted by Gasteiger charge is 2.06. The largest absolute Gasteiger partial charge is 0.457 e. The molecule has 0 saturated heterocycles. The number of hydrogen-bond donors (Lipinski definition) is 2. The molecule has 3 aromatic rings. The van der Waals surface area contributed by atoms with E-state index in [9.17, 15) is 4.79 Å². The maximum absolute atomic E-state index is 12.1. The molecule has 150 valence electrons. The number of hydrogen-bond acceptors (Lipinski definition) is 5. The highest BCUT2D eigenvalue weighted by atomic mass is 16.5. The van der Waals surface area contributed by atoms with Crippen LogP contribution < -0.4 is 15.4 Å². The Morgan fingerprint density at radius 2 is 1.69 bits per heavy atom. The summed E-state index contributed by atoms with van der Waals surface area (Å²) in [5, 5.41) is 6.13. The van der Waals surface area contributed by atoms with Gasteiger partial charge in [0, 0.05) is 18.4 Å². The van der Waals surface area contributed by atoms with Crippen molar-refractivity contribution >= 4 is 17.4 Å². The number of nitrogens with one attached hydrogen (secondary N) is 2. The molecule has 0 fully saturated rings. The van der Waals surface area contributed by atoms with Crippen molar-refractivity contribution in [2.75, 3.05) is 32.5 Å². The van der Waals surface area contributed by atoms with Gasteiger partial charge < -0.3 is 20.3 Å². The van der Waals surface area contributed by atoms with Crippen molar-refractivity contribution in [3.8, 4) is 11.5 Å². The van der Waals surface area contributed by atoms with Crippen molar-refractivity contribution in [3.63, 3.8) is 0 Å². The number of amides is 1. The Bertz CT molecular complexity index is 894. The molecule has 0 aliphatic heterocycles. The zero-order valence-corrected chi connectivity index (χ0v) is 16.8. The Hall–Kier alpha value is -3.38. The van der Waals surface area contributed by atoms with E-state index < -0.39 is 0 Å². The molecule has 3 rings (SSSR count). The Kier molecular flexibility index (Phi) is 7.19. The molecule has 0 aliphatic rings. The zero-order chi connectivity index (χ0) is 20.5. The van der Waals surface area contributed by atoms with Gasteiger partial charge in [0.05, 0.1) is 5.56 Å². The molecule has 0 atom stereocenters. The number of carbonyl (C=O) groups is 1. The zero-order valence-electron chi connectivity index (χ0n) is 16.8. The van der Waals surface area contributed by atoms with E-state index in [2.05, 4.69) is 20.5 Å². The van der Waals surface area contributed by atoms with E-state index in [0.29, 0.717) is 17.9 Å². The lowest BCUT2D eigenvalue weighted by atomic mass is 10.2. The number of nitrogens with zero attached hydrogens (tertiary/aromatic N) is 2. The molecule has 0 spiro atoms. The molecular formula is C23H26N4O2. The molecule has 1 heterocycles. The third kappa shape index (κ3) is 6.62. The van der Waals surface area contributed by atoms with E-state index in [4.69, 9.17) is 4.74 Å². The Morgan fingerprint density at radius 3 is 2.34 bits per heavy atom. The third-order valence-corrected chi connectivity index (χ3v) is 4.20. The second-order valence-corrected chi connectivity index (χ2v) is 6.91. The number of para-hydroxylation sites is 1. The van der Waals surface area contributed by atoms with Gasteiger partial charge in [-0.05, 0) is 75.6 Å². The van der Waals surface area contributed by atoms with E-state index in [-0.39, 0.29) is 5.91 Å². The first-order chi connectivity index (χ1) is 14.1. The van der Waals surface area contributed by atoms with E-state index in [1.165, 1.54) is 0 Å². The summed E-state index contributed by atoms with van der Waals surface area (Å²) in [6.07, 6.45) is 2.49. The summed E-state index contributed by atoms with van der Waals surface area (Å²) in [6.45, 7) is 1.59. The maximum atomic E-state index is 12.1. The monoisotopic (exact) mass is 390 g/mol. The average molecular weight is 390 g/mol. The van der Waals surface area contributed by atoms with Gasteiger partial charge in [-0.1, -0.05) is 18.2 Å². The maximum Gasteiger partial charge on any atom is 0.252 e. The minimum absolute atomic E-state index is 0.106. The predicted octanol–water partition coefficient (Wildman–Crippen LogP) is 4.30. The lowest BCUT2D eigenvalue weighted by molar-refractivity contribution is 0.0952. The summed E-state index contributed by atoms with van der Waals surface area (Å²) in [5.41, 5.74) is 1.44. The molecule has 6 heteroatoms. The second kappa shape index (κ2) is 10.2. The van der Waals surface area contributed by atoms with Crippen LogP contribution in [-0.2, 0) is 0 Å². The molecular weight excluding hydrogens is 364 g/mol. The number of ether oxygens (including phenoxy) is 1. The van der Waals surface area contributed by atoms with Crippen LogP contribution >= 0.6 is 0 Å². The van der Waals surface area contributed by atoms with Gasteiger partial charge >= 0.3 is 0 Å². The molecule has 29 heavy (non-hydrogen) atoms. The van der Waals surface area contributed by atoms with Crippen LogP contribution in [-0.4, -0.2) is 43.0 Å². The fourth-order valence-electron chi connectivity index (χ4n) is 2.68. The van der Waals surface area contributed by atoms with Crippen molar-refractivity contribution in [2.24, 2.45) is 0 Å². The Balaban J connectivity index is 1.51. The summed E-state index contributed by atoms with van der Waals surface area (Å²) < 4.78 is 5.79. The van der Waals surface area contributed by atoms with Crippen LogP contribution in [0.1, 0.15) is 16.8 Å². The van der Waals surface area contributed by atoms with Crippen LogP contribution in [0.25, 0.3) is 0 Å². The predicted molar refractivity (Wildman–Crippen MR) is 116 cm³/mol. The molecule has 2 aromatic carbocycles. The number of pyridine rings is 1. The lowest BCUT2D eigenvalue weighted by Gasteiger charge is -2.10. The van der Waals surface area contributed by atoms with E-state index in [1.54, 1.807) is 18.3 Å². The molecule has 0 aliphatic carbocycles. The summed E-state index contributed by atoms with van der Waals surface area (Å²) >= 11 is 0. The molecule has 6 nitrogen and oxygen atoms in total. The highest BCUT2D eigenvalue weighted by molar-refractivity contribution is 5.94. The van der Waals surface area contributed by atoms with Crippen molar-refractivity contribution in [3.05, 3.63) is 78.5 Å². The fraction of sp³-hybridized carbons (Fsp3) is 0.217. The number of anilines is 2. The Morgan fingerprint density at radius 1 is 0.966 bits per heavy atom. The van der Waals surface area contributed by atoms with E-state index >= 15 is 0 Å². The minimum atomic E-state index is -0.106. The topological polar surface area (TPSA) is 66.5 Å². The number of aromatic nitrogens is 1. The molecule has 0 saturated carbocycles. The van der Waals surface area contributed by atoms with Gasteiger partial charge in [0.1, 0.15) is 17.3 Å². The van der Waals surface area contributed by atoms with Crippen molar-refractivity contribution < 1.29 is 9.53 Å². The first kappa shape index (κ1) is 20.4. The average Bonchev–Trinajstić information content (AvgIpc) is 2.74. The fourth-order valence-corrected chi connectivity index (χ4v) is 2.68. The third-order valence-electron chi connectivity index (χ3n) is 4.20. The van der Waals surface area contributed by atoms with Gasteiger partial charge in [0.15, 0.2) is 0 Å².